The number of aryl methyl sites for hydroxylation is 2. The number of nitrogens with zero attached hydrogens (tertiary/aromatic N) is 2. The number of carbonyl (C=O) groups excluding carboxylic acids is 2. The van der Waals surface area contributed by atoms with Gasteiger partial charge in [0, 0.05) is 11.1 Å². The van der Waals surface area contributed by atoms with Crippen molar-refractivity contribution in [1.29, 1.82) is 0 Å². The van der Waals surface area contributed by atoms with E-state index in [0.29, 0.717) is 45.5 Å². The third-order valence-corrected chi connectivity index (χ3v) is 8.07. The quantitative estimate of drug-likeness (QED) is 0.0608. The van der Waals surface area contributed by atoms with Gasteiger partial charge in [-0.3, -0.25) is 0 Å². The second-order valence-corrected chi connectivity index (χ2v) is 11.8. The fourth-order valence-electron chi connectivity index (χ4n) is 5.25. The molecule has 7 nitrogen and oxygen atoms in total. The van der Waals surface area contributed by atoms with Crippen LogP contribution in [0, 0.1) is 0 Å². The van der Waals surface area contributed by atoms with Gasteiger partial charge in [0.15, 0.2) is 0 Å². The molecule has 0 fully saturated rings. The minimum Gasteiger partial charge on any atom is -0.423 e. The summed E-state index contributed by atoms with van der Waals surface area (Å²) in [5.41, 5.74) is 4.85. The zero-order valence-electron chi connectivity index (χ0n) is 27.2. The van der Waals surface area contributed by atoms with Crippen molar-refractivity contribution in [3.8, 4) is 34.4 Å². The number of carbonyl (C=O) groups is 2. The molecule has 0 aliphatic carbocycles. The number of hydrogen-bond acceptors (Lipinski definition) is 7. The van der Waals surface area contributed by atoms with Crippen LogP contribution in [0.3, 0.4) is 0 Å². The summed E-state index contributed by atoms with van der Waals surface area (Å²) in [4.78, 5) is 25.3. The minimum atomic E-state index is -0.409. The summed E-state index contributed by atoms with van der Waals surface area (Å²) < 4.78 is 17.0. The van der Waals surface area contributed by atoms with Crippen LogP contribution in [-0.4, -0.2) is 22.1 Å². The summed E-state index contributed by atoms with van der Waals surface area (Å²) in [6, 6.07) is 29.1. The Bertz CT molecular complexity index is 1710. The van der Waals surface area contributed by atoms with Crippen LogP contribution in [0.5, 0.6) is 11.5 Å². The van der Waals surface area contributed by atoms with Crippen molar-refractivity contribution < 1.29 is 23.5 Å². The van der Waals surface area contributed by atoms with E-state index in [0.717, 1.165) is 25.7 Å². The number of esters is 2. The Morgan fingerprint density at radius 3 is 1.32 bits per heavy atom. The molecule has 0 saturated carbocycles. The van der Waals surface area contributed by atoms with E-state index in [9.17, 15) is 9.59 Å². The molecule has 0 radical (unpaired) electrons. The Hall–Kier alpha value is -5.04. The van der Waals surface area contributed by atoms with Crippen LogP contribution in [0.1, 0.15) is 97.1 Å². The monoisotopic (exact) mass is 630 g/mol. The van der Waals surface area contributed by atoms with Crippen molar-refractivity contribution in [2.75, 3.05) is 0 Å². The van der Waals surface area contributed by atoms with Crippen molar-refractivity contribution in [2.24, 2.45) is 0 Å². The summed E-state index contributed by atoms with van der Waals surface area (Å²) in [6.07, 6.45) is 11.8. The van der Waals surface area contributed by atoms with Gasteiger partial charge in [0.05, 0.1) is 11.1 Å². The van der Waals surface area contributed by atoms with E-state index in [1.54, 1.807) is 48.5 Å². The van der Waals surface area contributed by atoms with Gasteiger partial charge in [0.2, 0.25) is 11.8 Å². The Labute approximate surface area is 277 Å². The van der Waals surface area contributed by atoms with E-state index in [-0.39, 0.29) is 0 Å². The van der Waals surface area contributed by atoms with E-state index >= 15 is 0 Å². The van der Waals surface area contributed by atoms with Gasteiger partial charge in [0.1, 0.15) is 11.5 Å². The summed E-state index contributed by atoms with van der Waals surface area (Å²) in [5, 5.41) is 8.35. The fraction of sp³-hybridized carbons (Fsp3) is 0.300. The maximum atomic E-state index is 12.7. The SMILES string of the molecule is CCCCCCCc1ccc(C(=O)Oc2ccc(-c3nnc(-c4ccc(OC(=O)c5ccc(CCCCC)cc5)cc4)o3)cc2)cc1. The predicted octanol–water partition coefficient (Wildman–Crippen LogP) is 10.1. The van der Waals surface area contributed by atoms with Gasteiger partial charge >= 0.3 is 11.9 Å². The number of ether oxygens (including phenoxy) is 2. The molecular weight excluding hydrogens is 588 g/mol. The number of unbranched alkanes of at least 4 members (excludes halogenated alkanes) is 6. The first kappa shape index (κ1) is 33.3. The van der Waals surface area contributed by atoms with Crippen molar-refractivity contribution in [3.05, 3.63) is 119 Å². The average molecular weight is 631 g/mol. The summed E-state index contributed by atoms with van der Waals surface area (Å²) in [7, 11) is 0. The Morgan fingerprint density at radius 2 is 0.894 bits per heavy atom. The third-order valence-electron chi connectivity index (χ3n) is 8.07. The maximum Gasteiger partial charge on any atom is 0.343 e. The molecule has 0 saturated heterocycles. The van der Waals surface area contributed by atoms with Crippen LogP contribution in [0.4, 0.5) is 0 Å². The number of rotatable bonds is 16. The largest absolute Gasteiger partial charge is 0.423 e. The lowest BCUT2D eigenvalue weighted by molar-refractivity contribution is 0.0725. The maximum absolute atomic E-state index is 12.7. The van der Waals surface area contributed by atoms with Gasteiger partial charge in [0.25, 0.3) is 0 Å². The second kappa shape index (κ2) is 17.0. The van der Waals surface area contributed by atoms with Crippen LogP contribution in [0.15, 0.2) is 101 Å². The molecule has 0 spiro atoms. The fourth-order valence-corrected chi connectivity index (χ4v) is 5.25. The van der Waals surface area contributed by atoms with Crippen molar-refractivity contribution >= 4 is 11.9 Å². The molecule has 0 N–H and O–H groups in total. The molecule has 1 heterocycles. The van der Waals surface area contributed by atoms with Gasteiger partial charge in [-0.25, -0.2) is 9.59 Å². The first-order chi connectivity index (χ1) is 23.0. The lowest BCUT2D eigenvalue weighted by atomic mass is 10.0. The van der Waals surface area contributed by atoms with Crippen molar-refractivity contribution in [2.45, 2.75) is 78.1 Å². The van der Waals surface area contributed by atoms with Gasteiger partial charge in [-0.2, -0.15) is 0 Å². The lowest BCUT2D eigenvalue weighted by Crippen LogP contribution is -2.08. The number of hydrogen-bond donors (Lipinski definition) is 0. The molecule has 47 heavy (non-hydrogen) atoms. The zero-order valence-corrected chi connectivity index (χ0v) is 27.2. The summed E-state index contributed by atoms with van der Waals surface area (Å²) >= 11 is 0. The number of aromatic nitrogens is 2. The Kier molecular flexibility index (Phi) is 12.1. The molecule has 0 aliphatic rings. The van der Waals surface area contributed by atoms with E-state index < -0.39 is 11.9 Å². The standard InChI is InChI=1S/C40H42N2O5/c1-3-5-7-8-10-12-30-15-19-34(20-16-30)40(44)46-36-27-23-32(24-28-36)38-42-41-37(47-38)31-21-25-35(26-22-31)45-39(43)33-17-13-29(14-18-33)11-9-6-4-2/h13-28H,3-12H2,1-2H3. The van der Waals surface area contributed by atoms with E-state index in [2.05, 4.69) is 24.0 Å². The Balaban J connectivity index is 1.12. The van der Waals surface area contributed by atoms with Gasteiger partial charge in [-0.1, -0.05) is 76.6 Å². The highest BCUT2D eigenvalue weighted by atomic mass is 16.5. The van der Waals surface area contributed by atoms with Crippen molar-refractivity contribution in [3.63, 3.8) is 0 Å². The van der Waals surface area contributed by atoms with E-state index in [1.165, 1.54) is 49.7 Å². The smallest absolute Gasteiger partial charge is 0.343 e. The molecule has 5 aromatic rings. The predicted molar refractivity (Wildman–Crippen MR) is 184 cm³/mol. The topological polar surface area (TPSA) is 91.5 Å². The molecule has 242 valence electrons. The second-order valence-electron chi connectivity index (χ2n) is 11.8. The first-order valence-corrected chi connectivity index (χ1v) is 16.7. The minimum absolute atomic E-state index is 0.330. The highest BCUT2D eigenvalue weighted by molar-refractivity contribution is 5.91. The molecule has 5 rings (SSSR count). The highest BCUT2D eigenvalue weighted by Gasteiger charge is 2.14. The lowest BCUT2D eigenvalue weighted by Gasteiger charge is -2.06. The molecule has 4 aromatic carbocycles. The van der Waals surface area contributed by atoms with Crippen LogP contribution in [-0.2, 0) is 12.8 Å². The van der Waals surface area contributed by atoms with Gasteiger partial charge in [-0.15, -0.1) is 10.2 Å². The van der Waals surface area contributed by atoms with E-state index in [4.69, 9.17) is 13.9 Å². The van der Waals surface area contributed by atoms with Gasteiger partial charge in [-0.05, 0) is 110 Å². The molecule has 0 bridgehead atoms. The average Bonchev–Trinajstić information content (AvgIpc) is 3.60. The number of benzene rings is 4. The molecule has 1 aromatic heterocycles. The summed E-state index contributed by atoms with van der Waals surface area (Å²) in [5.74, 6) is 0.690. The molecular formula is C40H42N2O5. The Morgan fingerprint density at radius 1 is 0.511 bits per heavy atom. The van der Waals surface area contributed by atoms with Crippen LogP contribution >= 0.6 is 0 Å². The van der Waals surface area contributed by atoms with Crippen LogP contribution < -0.4 is 9.47 Å². The van der Waals surface area contributed by atoms with Gasteiger partial charge < -0.3 is 13.9 Å². The van der Waals surface area contributed by atoms with E-state index in [1.807, 2.05) is 48.5 Å². The molecule has 0 atom stereocenters. The summed E-state index contributed by atoms with van der Waals surface area (Å²) in [6.45, 7) is 4.40. The molecule has 0 unspecified atom stereocenters. The molecule has 0 amide bonds. The van der Waals surface area contributed by atoms with Crippen molar-refractivity contribution in [1.82, 2.24) is 10.2 Å². The molecule has 0 aliphatic heterocycles. The third kappa shape index (κ3) is 9.72. The molecule has 7 heteroatoms. The first-order valence-electron chi connectivity index (χ1n) is 16.7. The normalized spacial score (nSPS) is 10.9. The highest BCUT2D eigenvalue weighted by Crippen LogP contribution is 2.27. The zero-order chi connectivity index (χ0) is 32.8. The van der Waals surface area contributed by atoms with Crippen LogP contribution in [0.25, 0.3) is 22.9 Å². The van der Waals surface area contributed by atoms with Crippen LogP contribution in [0.2, 0.25) is 0 Å².